The van der Waals surface area contributed by atoms with Gasteiger partial charge in [-0.3, -0.25) is 24.0 Å². The van der Waals surface area contributed by atoms with E-state index in [0.29, 0.717) is 33.8 Å². The molecule has 0 spiro atoms. The quantitative estimate of drug-likeness (QED) is 0.0477. The number of nitrogens with zero attached hydrogens (tertiary/aromatic N) is 4. The number of hydrogen-bond donors (Lipinski definition) is 4. The van der Waals surface area contributed by atoms with Crippen molar-refractivity contribution in [2.24, 2.45) is 5.73 Å². The number of nitro benzene ring substituents is 1. The molecular formula is C32H34Cl3N6O9P. The molecule has 4 aromatic rings. The topological polar surface area (TPSA) is 228 Å². The zero-order valence-corrected chi connectivity index (χ0v) is 30.2. The second kappa shape index (κ2) is 18.6. The maximum Gasteiger partial charge on any atom is 0.350 e. The van der Waals surface area contributed by atoms with Gasteiger partial charge in [-0.05, 0) is 43.5 Å². The lowest BCUT2D eigenvalue weighted by Crippen LogP contribution is -2.30. The number of terminal acetylenes is 1. The molecule has 0 aliphatic carbocycles. The van der Waals surface area contributed by atoms with Crippen LogP contribution >= 0.6 is 42.2 Å². The van der Waals surface area contributed by atoms with E-state index in [-0.39, 0.29) is 47.0 Å². The number of nitrogen functional groups attached to an aromatic ring is 1. The Bertz CT molecular complexity index is 2010. The second-order valence-corrected chi connectivity index (χ2v) is 14.7. The highest BCUT2D eigenvalue weighted by molar-refractivity contribution is 7.57. The standard InChI is InChI=1S/C15H13Cl2N3O2.C12H9ClN2O3.C5H12NO4P/c1-2-7-22-13-9-12(10(16)8-11(13)17)20-15(21)19-6-4-3-5-14(19)18-20;13-11-10(18-8-4-2-1-3-5-8)7-6-9(12(11)14)15(16)17;1-11(9,10)3-2-4(6)5(7)8/h1,8-9H,3-7H2;1-7H,14H2;4H,2-3,6H2,1H3,(H,7,8)(H,9,10). The summed E-state index contributed by atoms with van der Waals surface area (Å²) in [5.74, 6) is 3.23. The molecule has 19 heteroatoms. The van der Waals surface area contributed by atoms with Gasteiger partial charge >= 0.3 is 11.7 Å². The zero-order chi connectivity index (χ0) is 37.9. The molecule has 2 atom stereocenters. The van der Waals surface area contributed by atoms with E-state index in [1.807, 2.05) is 6.07 Å². The van der Waals surface area contributed by atoms with Gasteiger partial charge in [-0.15, -0.1) is 11.5 Å². The van der Waals surface area contributed by atoms with Crippen LogP contribution in [0.5, 0.6) is 17.2 Å². The Morgan fingerprint density at radius 3 is 2.43 bits per heavy atom. The third kappa shape index (κ3) is 11.8. The first-order valence-electron chi connectivity index (χ1n) is 15.0. The largest absolute Gasteiger partial charge is 0.480 e. The van der Waals surface area contributed by atoms with Gasteiger partial charge < -0.3 is 30.9 Å². The number of ether oxygens (including phenoxy) is 2. The molecule has 3 aromatic carbocycles. The van der Waals surface area contributed by atoms with Gasteiger partial charge in [0.15, 0.2) is 7.37 Å². The van der Waals surface area contributed by atoms with Gasteiger partial charge in [-0.25, -0.2) is 4.79 Å². The normalized spacial score (nSPS) is 13.4. The van der Waals surface area contributed by atoms with E-state index in [1.165, 1.54) is 29.5 Å². The van der Waals surface area contributed by atoms with Gasteiger partial charge in [-0.1, -0.05) is 58.9 Å². The molecule has 0 saturated carbocycles. The highest BCUT2D eigenvalue weighted by Crippen LogP contribution is 2.39. The van der Waals surface area contributed by atoms with Crippen molar-refractivity contribution in [1.29, 1.82) is 0 Å². The summed E-state index contributed by atoms with van der Waals surface area (Å²) in [6.07, 6.45) is 7.97. The van der Waals surface area contributed by atoms with Crippen molar-refractivity contribution in [3.05, 3.63) is 96.1 Å². The number of carboxylic acid groups (broad SMARTS) is 1. The highest BCUT2D eigenvalue weighted by Gasteiger charge is 2.21. The first-order valence-corrected chi connectivity index (χ1v) is 18.4. The van der Waals surface area contributed by atoms with Crippen molar-refractivity contribution >= 4 is 59.5 Å². The molecular weight excluding hydrogens is 750 g/mol. The fraction of sp³-hybridized carbons (Fsp3) is 0.281. The summed E-state index contributed by atoms with van der Waals surface area (Å²) in [6, 6.07) is 13.7. The molecule has 1 aliphatic rings. The number of nitro groups is 1. The lowest BCUT2D eigenvalue weighted by Gasteiger charge is -2.09. The van der Waals surface area contributed by atoms with Crippen LogP contribution in [-0.4, -0.2) is 60.7 Å². The van der Waals surface area contributed by atoms with Crippen LogP contribution in [-0.2, 0) is 22.3 Å². The first kappa shape index (κ1) is 40.9. The molecule has 0 bridgehead atoms. The average molecular weight is 784 g/mol. The number of hydrogen-bond acceptors (Lipinski definition) is 10. The number of rotatable bonds is 10. The van der Waals surface area contributed by atoms with Crippen LogP contribution in [0.25, 0.3) is 5.69 Å². The first-order chi connectivity index (χ1) is 24.0. The SMILES string of the molecule is C#CCOc1cc(-n2nc3n(c2=O)CCCC3)c(Cl)cc1Cl.CP(=O)(O)CCC(N)C(=O)O.Nc1c([N+](=O)[O-])ccc(Oc2ccccc2)c1Cl. The van der Waals surface area contributed by atoms with E-state index in [9.17, 15) is 24.3 Å². The molecule has 2 heterocycles. The number of halogens is 3. The van der Waals surface area contributed by atoms with Crippen molar-refractivity contribution in [3.8, 4) is 35.3 Å². The number of fused-ring (bicyclic) bond motifs is 1. The van der Waals surface area contributed by atoms with Crippen molar-refractivity contribution in [3.63, 3.8) is 0 Å². The van der Waals surface area contributed by atoms with Crippen LogP contribution in [0.3, 0.4) is 0 Å². The molecule has 272 valence electrons. The number of aryl methyl sites for hydroxylation is 1. The van der Waals surface area contributed by atoms with Crippen molar-refractivity contribution in [2.45, 2.75) is 38.3 Å². The number of carbonyl (C=O) groups is 1. The number of aliphatic carboxylic acids is 1. The molecule has 51 heavy (non-hydrogen) atoms. The van der Waals surface area contributed by atoms with Crippen molar-refractivity contribution in [1.82, 2.24) is 14.3 Å². The summed E-state index contributed by atoms with van der Waals surface area (Å²) in [4.78, 5) is 41.4. The van der Waals surface area contributed by atoms with E-state index < -0.39 is 24.3 Å². The number of carboxylic acids is 1. The number of para-hydroxylation sites is 1. The fourth-order valence-electron chi connectivity index (χ4n) is 4.39. The van der Waals surface area contributed by atoms with Crippen LogP contribution in [0.15, 0.2) is 59.4 Å². The maximum atomic E-state index is 12.5. The van der Waals surface area contributed by atoms with Gasteiger partial charge in [0.25, 0.3) is 5.69 Å². The zero-order valence-electron chi connectivity index (χ0n) is 27.1. The number of benzene rings is 3. The van der Waals surface area contributed by atoms with E-state index in [4.69, 9.17) is 72.2 Å². The van der Waals surface area contributed by atoms with E-state index in [1.54, 1.807) is 34.9 Å². The number of nitrogens with two attached hydrogens (primary N) is 2. The van der Waals surface area contributed by atoms with Crippen molar-refractivity contribution < 1.29 is 33.8 Å². The van der Waals surface area contributed by atoms with Crippen LogP contribution in [0.2, 0.25) is 15.1 Å². The lowest BCUT2D eigenvalue weighted by molar-refractivity contribution is -0.383. The van der Waals surface area contributed by atoms with Crippen LogP contribution in [0.1, 0.15) is 25.1 Å². The molecule has 15 nitrogen and oxygen atoms in total. The Morgan fingerprint density at radius 1 is 1.16 bits per heavy atom. The molecule has 5 rings (SSSR count). The summed E-state index contributed by atoms with van der Waals surface area (Å²) < 4.78 is 24.5. The van der Waals surface area contributed by atoms with Gasteiger partial charge in [0, 0.05) is 37.9 Å². The molecule has 0 saturated heterocycles. The Balaban J connectivity index is 0.000000219. The third-order valence-electron chi connectivity index (χ3n) is 6.97. The smallest absolute Gasteiger partial charge is 0.350 e. The second-order valence-electron chi connectivity index (χ2n) is 10.9. The Hall–Kier alpha value is -4.55. The molecule has 1 aliphatic heterocycles. The molecule has 6 N–H and O–H groups in total. The Labute approximate surface area is 307 Å². The monoisotopic (exact) mass is 782 g/mol. The fourth-order valence-corrected chi connectivity index (χ4v) is 5.86. The van der Waals surface area contributed by atoms with Gasteiger partial charge in [0.1, 0.15) is 46.4 Å². The number of anilines is 1. The summed E-state index contributed by atoms with van der Waals surface area (Å²) in [6.45, 7) is 1.94. The third-order valence-corrected chi connectivity index (χ3v) is 9.05. The maximum absolute atomic E-state index is 12.5. The minimum Gasteiger partial charge on any atom is -0.480 e. The summed E-state index contributed by atoms with van der Waals surface area (Å²) in [7, 11) is -3.10. The Kier molecular flexibility index (Phi) is 14.9. The molecule has 0 radical (unpaired) electrons. The van der Waals surface area contributed by atoms with Crippen LogP contribution in [0.4, 0.5) is 11.4 Å². The van der Waals surface area contributed by atoms with Crippen LogP contribution in [0, 0.1) is 22.5 Å². The predicted octanol–water partition coefficient (Wildman–Crippen LogP) is 6.00. The predicted molar refractivity (Wildman–Crippen MR) is 195 cm³/mol. The summed E-state index contributed by atoms with van der Waals surface area (Å²) in [5, 5.41) is 24.0. The minimum absolute atomic E-state index is 0.0352. The molecule has 0 amide bonds. The molecule has 2 unspecified atom stereocenters. The summed E-state index contributed by atoms with van der Waals surface area (Å²) in [5.41, 5.74) is 10.6. The van der Waals surface area contributed by atoms with Crippen molar-refractivity contribution in [2.75, 3.05) is 25.2 Å². The van der Waals surface area contributed by atoms with E-state index >= 15 is 0 Å². The summed E-state index contributed by atoms with van der Waals surface area (Å²) >= 11 is 18.2. The van der Waals surface area contributed by atoms with Gasteiger partial charge in [0.2, 0.25) is 0 Å². The van der Waals surface area contributed by atoms with E-state index in [0.717, 1.165) is 25.1 Å². The minimum atomic E-state index is -3.10. The molecule has 0 fully saturated rings. The van der Waals surface area contributed by atoms with Gasteiger partial charge in [-0.2, -0.15) is 4.68 Å². The lowest BCUT2D eigenvalue weighted by atomic mass is 10.2. The van der Waals surface area contributed by atoms with Gasteiger partial charge in [0.05, 0.1) is 20.7 Å². The average Bonchev–Trinajstić information content (AvgIpc) is 3.41. The van der Waals surface area contributed by atoms with E-state index in [2.05, 4.69) is 11.0 Å². The molecule has 1 aromatic heterocycles. The Morgan fingerprint density at radius 2 is 1.84 bits per heavy atom. The van der Waals surface area contributed by atoms with Crippen LogP contribution < -0.4 is 26.6 Å². The number of aromatic nitrogens is 3. The highest BCUT2D eigenvalue weighted by atomic mass is 35.5.